The van der Waals surface area contributed by atoms with E-state index in [4.69, 9.17) is 4.74 Å². The van der Waals surface area contributed by atoms with Gasteiger partial charge in [0.25, 0.3) is 0 Å². The lowest BCUT2D eigenvalue weighted by Gasteiger charge is -2.28. The Kier molecular flexibility index (Phi) is 6.24. The maximum Gasteiger partial charge on any atom is 0.408 e. The number of hydrogen-bond donors (Lipinski definition) is 2. The highest BCUT2D eigenvalue weighted by Gasteiger charge is 2.35. The summed E-state index contributed by atoms with van der Waals surface area (Å²) < 4.78 is 5.45. The van der Waals surface area contributed by atoms with Crippen molar-refractivity contribution in [3.8, 4) is 0 Å². The first-order valence-corrected chi connectivity index (χ1v) is 7.56. The predicted octanol–water partition coefficient (Wildman–Crippen LogP) is 3.35. The van der Waals surface area contributed by atoms with E-state index in [-0.39, 0.29) is 6.10 Å². The molecule has 120 valence electrons. The molecule has 5 nitrogen and oxygen atoms in total. The zero-order valence-electron chi connectivity index (χ0n) is 13.2. The Labute approximate surface area is 126 Å². The van der Waals surface area contributed by atoms with Gasteiger partial charge in [-0.2, -0.15) is 0 Å². The first kappa shape index (κ1) is 17.5. The number of nitrogens with one attached hydrogen (secondary N) is 1. The van der Waals surface area contributed by atoms with Crippen LogP contribution in [0.2, 0.25) is 0 Å². The molecule has 0 aliphatic heterocycles. The smallest absolute Gasteiger partial charge is 0.408 e. The predicted molar refractivity (Wildman–Crippen MR) is 81.1 cm³/mol. The normalized spacial score (nSPS) is 23.4. The molecule has 1 rings (SSSR count). The molecule has 1 amide bonds. The topological polar surface area (TPSA) is 75.6 Å². The van der Waals surface area contributed by atoms with Gasteiger partial charge in [0.15, 0.2) is 0 Å². The fraction of sp³-hybridized carbons (Fsp3) is 0.750. The second-order valence-electron chi connectivity index (χ2n) is 6.78. The molecule has 5 heteroatoms. The maximum absolute atomic E-state index is 12.0. The highest BCUT2D eigenvalue weighted by atomic mass is 16.6. The van der Waals surface area contributed by atoms with Gasteiger partial charge >= 0.3 is 12.1 Å². The molecule has 2 N–H and O–H groups in total. The van der Waals surface area contributed by atoms with Crippen LogP contribution in [0.15, 0.2) is 12.7 Å². The van der Waals surface area contributed by atoms with Crippen molar-refractivity contribution >= 4 is 12.1 Å². The second kappa shape index (κ2) is 7.48. The fourth-order valence-electron chi connectivity index (χ4n) is 2.76. The largest absolute Gasteiger partial charge is 0.480 e. The van der Waals surface area contributed by atoms with Crippen LogP contribution < -0.4 is 5.32 Å². The zero-order chi connectivity index (χ0) is 16.0. The Balaban J connectivity index is 2.55. The van der Waals surface area contributed by atoms with E-state index in [1.54, 1.807) is 20.8 Å². The molecular weight excluding hydrogens is 270 g/mol. The van der Waals surface area contributed by atoms with Gasteiger partial charge < -0.3 is 15.2 Å². The SMILES string of the molecule is C=CCCC1CCCC1OC(=O)N[C@H](C(=O)O)C(C)(C)C. The van der Waals surface area contributed by atoms with Gasteiger partial charge in [0.05, 0.1) is 0 Å². The molecule has 2 unspecified atom stereocenters. The van der Waals surface area contributed by atoms with Crippen molar-refractivity contribution in [2.45, 2.75) is 65.0 Å². The van der Waals surface area contributed by atoms with Crippen LogP contribution in [0.4, 0.5) is 4.79 Å². The summed E-state index contributed by atoms with van der Waals surface area (Å²) in [5.41, 5.74) is -0.567. The summed E-state index contributed by atoms with van der Waals surface area (Å²) in [7, 11) is 0. The molecule has 1 fully saturated rings. The number of rotatable bonds is 6. The maximum atomic E-state index is 12.0. The molecule has 0 radical (unpaired) electrons. The summed E-state index contributed by atoms with van der Waals surface area (Å²) in [6, 6.07) is -0.960. The van der Waals surface area contributed by atoms with Crippen LogP contribution in [-0.2, 0) is 9.53 Å². The van der Waals surface area contributed by atoms with Crippen LogP contribution in [0.1, 0.15) is 52.9 Å². The second-order valence-corrected chi connectivity index (χ2v) is 6.78. The lowest BCUT2D eigenvalue weighted by molar-refractivity contribution is -0.142. The summed E-state index contributed by atoms with van der Waals surface area (Å²) in [6.45, 7) is 9.03. The van der Waals surface area contributed by atoms with Gasteiger partial charge in [-0.05, 0) is 43.4 Å². The molecule has 0 aromatic rings. The number of allylic oxidation sites excluding steroid dienone is 1. The minimum absolute atomic E-state index is 0.112. The van der Waals surface area contributed by atoms with Gasteiger partial charge in [-0.25, -0.2) is 9.59 Å². The molecule has 1 saturated carbocycles. The van der Waals surface area contributed by atoms with Crippen LogP contribution in [-0.4, -0.2) is 29.3 Å². The lowest BCUT2D eigenvalue weighted by Crippen LogP contribution is -2.50. The molecule has 1 aliphatic rings. The van der Waals surface area contributed by atoms with Gasteiger partial charge in [-0.1, -0.05) is 26.8 Å². The summed E-state index contributed by atoms with van der Waals surface area (Å²) in [6.07, 6.45) is 5.94. The highest BCUT2D eigenvalue weighted by Crippen LogP contribution is 2.32. The Bertz CT molecular complexity index is 386. The molecule has 0 spiro atoms. The van der Waals surface area contributed by atoms with Gasteiger partial charge in [0.1, 0.15) is 12.1 Å². The van der Waals surface area contributed by atoms with E-state index in [2.05, 4.69) is 11.9 Å². The van der Waals surface area contributed by atoms with E-state index in [1.165, 1.54) is 0 Å². The van der Waals surface area contributed by atoms with Gasteiger partial charge in [-0.3, -0.25) is 0 Å². The monoisotopic (exact) mass is 297 g/mol. The summed E-state index contributed by atoms with van der Waals surface area (Å²) in [4.78, 5) is 23.2. The number of carbonyl (C=O) groups excluding carboxylic acids is 1. The molecule has 0 saturated heterocycles. The number of carboxylic acids is 1. The summed E-state index contributed by atoms with van der Waals surface area (Å²) in [5, 5.41) is 11.7. The third kappa shape index (κ3) is 5.40. The minimum Gasteiger partial charge on any atom is -0.480 e. The quantitative estimate of drug-likeness (QED) is 0.737. The molecule has 0 aromatic carbocycles. The highest BCUT2D eigenvalue weighted by molar-refractivity contribution is 5.80. The van der Waals surface area contributed by atoms with Crippen molar-refractivity contribution in [1.29, 1.82) is 0 Å². The molecule has 0 heterocycles. The van der Waals surface area contributed by atoms with Crippen molar-refractivity contribution in [3.63, 3.8) is 0 Å². The van der Waals surface area contributed by atoms with Crippen molar-refractivity contribution in [2.24, 2.45) is 11.3 Å². The van der Waals surface area contributed by atoms with Crippen molar-refractivity contribution in [3.05, 3.63) is 12.7 Å². The number of amides is 1. The number of carboxylic acid groups (broad SMARTS) is 1. The van der Waals surface area contributed by atoms with E-state index >= 15 is 0 Å². The average Bonchev–Trinajstić information content (AvgIpc) is 2.79. The third-order valence-corrected chi connectivity index (χ3v) is 3.96. The third-order valence-electron chi connectivity index (χ3n) is 3.96. The van der Waals surface area contributed by atoms with E-state index in [0.717, 1.165) is 32.1 Å². The van der Waals surface area contributed by atoms with Crippen molar-refractivity contribution in [1.82, 2.24) is 5.32 Å². The van der Waals surface area contributed by atoms with Crippen LogP contribution in [0.25, 0.3) is 0 Å². The van der Waals surface area contributed by atoms with E-state index in [9.17, 15) is 14.7 Å². The van der Waals surface area contributed by atoms with Crippen LogP contribution in [0, 0.1) is 11.3 Å². The Hall–Kier alpha value is -1.52. The number of carbonyl (C=O) groups is 2. The molecule has 0 aromatic heterocycles. The molecule has 0 bridgehead atoms. The molecule has 21 heavy (non-hydrogen) atoms. The molecule has 3 atom stereocenters. The molecule has 1 aliphatic carbocycles. The van der Waals surface area contributed by atoms with Crippen molar-refractivity contribution < 1.29 is 19.4 Å². The zero-order valence-corrected chi connectivity index (χ0v) is 13.2. The van der Waals surface area contributed by atoms with Gasteiger partial charge in [0.2, 0.25) is 0 Å². The molecular formula is C16H27NO4. The number of ether oxygens (including phenoxy) is 1. The van der Waals surface area contributed by atoms with E-state index in [1.807, 2.05) is 6.08 Å². The standard InChI is InChI=1S/C16H27NO4/c1-5-6-8-11-9-7-10-12(11)21-15(20)17-13(14(18)19)16(2,3)4/h5,11-13H,1,6-10H2,2-4H3,(H,17,20)(H,18,19)/t11?,12?,13-/m1/s1. The van der Waals surface area contributed by atoms with E-state index in [0.29, 0.717) is 5.92 Å². The number of alkyl carbamates (subject to hydrolysis) is 1. The van der Waals surface area contributed by atoms with Crippen LogP contribution in [0.5, 0.6) is 0 Å². The number of hydrogen-bond acceptors (Lipinski definition) is 3. The average molecular weight is 297 g/mol. The fourth-order valence-corrected chi connectivity index (χ4v) is 2.76. The Morgan fingerprint density at radius 1 is 1.43 bits per heavy atom. The van der Waals surface area contributed by atoms with Gasteiger partial charge in [-0.15, -0.1) is 6.58 Å². The van der Waals surface area contributed by atoms with Crippen LogP contribution in [0.3, 0.4) is 0 Å². The van der Waals surface area contributed by atoms with Gasteiger partial charge in [0, 0.05) is 0 Å². The summed E-state index contributed by atoms with van der Waals surface area (Å²) >= 11 is 0. The minimum atomic E-state index is -1.05. The Morgan fingerprint density at radius 2 is 2.10 bits per heavy atom. The van der Waals surface area contributed by atoms with Crippen molar-refractivity contribution in [2.75, 3.05) is 0 Å². The Morgan fingerprint density at radius 3 is 2.62 bits per heavy atom. The first-order chi connectivity index (χ1) is 9.75. The summed E-state index contributed by atoms with van der Waals surface area (Å²) in [5.74, 6) is -0.694. The van der Waals surface area contributed by atoms with Crippen LogP contribution >= 0.6 is 0 Å². The first-order valence-electron chi connectivity index (χ1n) is 7.56. The van der Waals surface area contributed by atoms with E-state index < -0.39 is 23.5 Å². The lowest BCUT2D eigenvalue weighted by atomic mass is 9.87. The number of aliphatic carboxylic acids is 1.